The average Bonchev–Trinajstić information content (AvgIpc) is 2.86. The Morgan fingerprint density at radius 2 is 1.81 bits per heavy atom. The fraction of sp³-hybridized carbons (Fsp3) is 0.235. The van der Waals surface area contributed by atoms with Crippen molar-refractivity contribution in [3.63, 3.8) is 0 Å². The summed E-state index contributed by atoms with van der Waals surface area (Å²) in [6.45, 7) is 4.29. The molecule has 3 aromatic rings. The minimum atomic E-state index is -0.426. The van der Waals surface area contributed by atoms with E-state index < -0.39 is 5.76 Å². The van der Waals surface area contributed by atoms with Gasteiger partial charge in [0.15, 0.2) is 5.58 Å². The number of hydrogen-bond donors (Lipinski definition) is 2. The Morgan fingerprint density at radius 1 is 1.10 bits per heavy atom. The van der Waals surface area contributed by atoms with Crippen molar-refractivity contribution in [2.45, 2.75) is 26.7 Å². The third kappa shape index (κ3) is 2.57. The van der Waals surface area contributed by atoms with Crippen LogP contribution in [0.25, 0.3) is 11.1 Å². The molecule has 21 heavy (non-hydrogen) atoms. The van der Waals surface area contributed by atoms with Crippen molar-refractivity contribution in [1.29, 1.82) is 0 Å². The highest BCUT2D eigenvalue weighted by molar-refractivity contribution is 5.79. The second-order valence-electron chi connectivity index (χ2n) is 5.01. The quantitative estimate of drug-likeness (QED) is 0.760. The lowest BCUT2D eigenvalue weighted by molar-refractivity contribution is 0.555. The third-order valence-corrected chi connectivity index (χ3v) is 3.69. The van der Waals surface area contributed by atoms with E-state index in [2.05, 4.69) is 42.3 Å². The first-order valence-corrected chi connectivity index (χ1v) is 7.22. The average molecular weight is 282 g/mol. The van der Waals surface area contributed by atoms with E-state index in [1.807, 2.05) is 18.2 Å². The number of para-hydroxylation sites is 1. The molecule has 1 heterocycles. The van der Waals surface area contributed by atoms with Crippen molar-refractivity contribution >= 4 is 22.5 Å². The molecular weight excluding hydrogens is 264 g/mol. The van der Waals surface area contributed by atoms with Crippen molar-refractivity contribution in [1.82, 2.24) is 4.98 Å². The number of fused-ring (bicyclic) bond motifs is 1. The molecule has 0 radical (unpaired) electrons. The molecule has 0 atom stereocenters. The van der Waals surface area contributed by atoms with Gasteiger partial charge in [0.25, 0.3) is 0 Å². The Morgan fingerprint density at radius 3 is 2.48 bits per heavy atom. The second kappa shape index (κ2) is 5.48. The van der Waals surface area contributed by atoms with E-state index in [9.17, 15) is 4.79 Å². The number of oxazole rings is 1. The number of aromatic nitrogens is 1. The van der Waals surface area contributed by atoms with Gasteiger partial charge >= 0.3 is 5.76 Å². The van der Waals surface area contributed by atoms with Gasteiger partial charge in [-0.05, 0) is 36.1 Å². The molecule has 0 aliphatic rings. The lowest BCUT2D eigenvalue weighted by Crippen LogP contribution is -1.99. The molecule has 0 saturated heterocycles. The highest BCUT2D eigenvalue weighted by atomic mass is 16.4. The highest BCUT2D eigenvalue weighted by Gasteiger charge is 2.08. The monoisotopic (exact) mass is 282 g/mol. The zero-order valence-electron chi connectivity index (χ0n) is 12.2. The predicted molar refractivity (Wildman–Crippen MR) is 85.3 cm³/mol. The number of hydrogen-bond acceptors (Lipinski definition) is 3. The molecule has 2 aromatic carbocycles. The molecule has 0 bridgehead atoms. The molecule has 0 saturated carbocycles. The molecule has 0 amide bonds. The largest absolute Gasteiger partial charge is 0.417 e. The van der Waals surface area contributed by atoms with E-state index >= 15 is 0 Å². The maximum absolute atomic E-state index is 11.2. The van der Waals surface area contributed by atoms with Crippen molar-refractivity contribution in [2.75, 3.05) is 5.32 Å². The molecule has 4 heteroatoms. The zero-order chi connectivity index (χ0) is 14.8. The summed E-state index contributed by atoms with van der Waals surface area (Å²) in [6.07, 6.45) is 1.94. The van der Waals surface area contributed by atoms with Gasteiger partial charge in [-0.2, -0.15) is 0 Å². The van der Waals surface area contributed by atoms with Gasteiger partial charge in [-0.1, -0.05) is 32.0 Å². The van der Waals surface area contributed by atoms with Gasteiger partial charge in [-0.15, -0.1) is 0 Å². The fourth-order valence-electron chi connectivity index (χ4n) is 2.57. The smallest absolute Gasteiger partial charge is 0.408 e. The number of nitrogens with one attached hydrogen (secondary N) is 2. The Balaban J connectivity index is 2.03. The van der Waals surface area contributed by atoms with Crippen molar-refractivity contribution in [3.8, 4) is 0 Å². The summed E-state index contributed by atoms with van der Waals surface area (Å²) in [5.41, 5.74) is 5.91. The van der Waals surface area contributed by atoms with Crippen LogP contribution < -0.4 is 11.1 Å². The SMILES string of the molecule is CCc1cccc(CC)c1Nc1ccc2[nH]c(=O)oc2c1. The van der Waals surface area contributed by atoms with Gasteiger partial charge < -0.3 is 9.73 Å². The Labute approximate surface area is 122 Å². The predicted octanol–water partition coefficient (Wildman–Crippen LogP) is 3.99. The third-order valence-electron chi connectivity index (χ3n) is 3.69. The minimum absolute atomic E-state index is 0.426. The molecule has 3 rings (SSSR count). The van der Waals surface area contributed by atoms with Gasteiger partial charge in [-0.3, -0.25) is 4.98 Å². The zero-order valence-corrected chi connectivity index (χ0v) is 12.2. The topological polar surface area (TPSA) is 58.0 Å². The van der Waals surface area contributed by atoms with E-state index in [4.69, 9.17) is 4.42 Å². The Kier molecular flexibility index (Phi) is 3.52. The van der Waals surface area contributed by atoms with E-state index in [-0.39, 0.29) is 0 Å². The summed E-state index contributed by atoms with van der Waals surface area (Å²) in [5.74, 6) is -0.426. The van der Waals surface area contributed by atoms with Gasteiger partial charge in [0.05, 0.1) is 5.52 Å². The molecule has 0 aliphatic carbocycles. The van der Waals surface area contributed by atoms with Gasteiger partial charge in [0.1, 0.15) is 0 Å². The maximum atomic E-state index is 11.2. The van der Waals surface area contributed by atoms with Crippen LogP contribution in [0.1, 0.15) is 25.0 Å². The van der Waals surface area contributed by atoms with Crippen LogP contribution in [0.3, 0.4) is 0 Å². The van der Waals surface area contributed by atoms with Gasteiger partial charge in [0.2, 0.25) is 0 Å². The van der Waals surface area contributed by atoms with E-state index in [0.717, 1.165) is 24.2 Å². The number of aromatic amines is 1. The molecule has 2 N–H and O–H groups in total. The molecule has 0 spiro atoms. The number of anilines is 2. The van der Waals surface area contributed by atoms with Crippen LogP contribution in [0.15, 0.2) is 45.6 Å². The molecule has 108 valence electrons. The summed E-state index contributed by atoms with van der Waals surface area (Å²) in [5, 5.41) is 3.47. The molecule has 1 aromatic heterocycles. The van der Waals surface area contributed by atoms with Crippen LogP contribution in [0.4, 0.5) is 11.4 Å². The number of H-pyrrole nitrogens is 1. The van der Waals surface area contributed by atoms with Crippen LogP contribution in [0, 0.1) is 0 Å². The number of rotatable bonds is 4. The van der Waals surface area contributed by atoms with Gasteiger partial charge in [0, 0.05) is 17.4 Å². The van der Waals surface area contributed by atoms with Crippen LogP contribution in [-0.4, -0.2) is 4.98 Å². The van der Waals surface area contributed by atoms with Crippen molar-refractivity contribution < 1.29 is 4.42 Å². The second-order valence-corrected chi connectivity index (χ2v) is 5.01. The molecule has 0 fully saturated rings. The summed E-state index contributed by atoms with van der Waals surface area (Å²) >= 11 is 0. The Bertz CT molecular complexity index is 808. The summed E-state index contributed by atoms with van der Waals surface area (Å²) in [6, 6.07) is 12.0. The standard InChI is InChI=1S/C17H18N2O2/c1-3-11-6-5-7-12(4-2)16(11)18-13-8-9-14-15(10-13)21-17(20)19-14/h5-10,18H,3-4H2,1-2H3,(H,19,20). The molecular formula is C17H18N2O2. The molecule has 4 nitrogen and oxygen atoms in total. The lowest BCUT2D eigenvalue weighted by atomic mass is 10.0. The molecule has 0 unspecified atom stereocenters. The highest BCUT2D eigenvalue weighted by Crippen LogP contribution is 2.27. The maximum Gasteiger partial charge on any atom is 0.417 e. The van der Waals surface area contributed by atoms with E-state index in [1.54, 1.807) is 0 Å². The first-order chi connectivity index (χ1) is 10.2. The van der Waals surface area contributed by atoms with Crippen LogP contribution in [0.5, 0.6) is 0 Å². The van der Waals surface area contributed by atoms with Gasteiger partial charge in [-0.25, -0.2) is 4.79 Å². The summed E-state index contributed by atoms with van der Waals surface area (Å²) in [4.78, 5) is 13.9. The normalized spacial score (nSPS) is 11.0. The first-order valence-electron chi connectivity index (χ1n) is 7.22. The number of aryl methyl sites for hydroxylation is 2. The van der Waals surface area contributed by atoms with Crippen molar-refractivity contribution in [3.05, 3.63) is 58.1 Å². The molecule has 0 aliphatic heterocycles. The number of benzene rings is 2. The van der Waals surface area contributed by atoms with E-state index in [0.29, 0.717) is 11.1 Å². The van der Waals surface area contributed by atoms with E-state index in [1.165, 1.54) is 11.1 Å². The Hall–Kier alpha value is -2.49. The first kappa shape index (κ1) is 13.5. The summed E-state index contributed by atoms with van der Waals surface area (Å²) < 4.78 is 5.11. The summed E-state index contributed by atoms with van der Waals surface area (Å²) in [7, 11) is 0. The lowest BCUT2D eigenvalue weighted by Gasteiger charge is -2.15. The van der Waals surface area contributed by atoms with Crippen LogP contribution in [-0.2, 0) is 12.8 Å². The minimum Gasteiger partial charge on any atom is -0.408 e. The van der Waals surface area contributed by atoms with Crippen LogP contribution in [0.2, 0.25) is 0 Å². The fourth-order valence-corrected chi connectivity index (χ4v) is 2.57. The van der Waals surface area contributed by atoms with Crippen LogP contribution >= 0.6 is 0 Å². The van der Waals surface area contributed by atoms with Crippen molar-refractivity contribution in [2.24, 2.45) is 0 Å².